The van der Waals surface area contributed by atoms with Crippen LogP contribution in [0.1, 0.15) is 18.9 Å². The van der Waals surface area contributed by atoms with Gasteiger partial charge in [-0.05, 0) is 25.8 Å². The number of hydrogen-bond donors (Lipinski definition) is 2. The lowest BCUT2D eigenvalue weighted by Crippen LogP contribution is -2.10. The maximum atomic E-state index is 10.6. The summed E-state index contributed by atoms with van der Waals surface area (Å²) in [7, 11) is 0. The van der Waals surface area contributed by atoms with Crippen LogP contribution in [-0.4, -0.2) is 22.7 Å². The van der Waals surface area contributed by atoms with Gasteiger partial charge in [0.2, 0.25) is 0 Å². The first-order valence-electron chi connectivity index (χ1n) is 5.17. The van der Waals surface area contributed by atoms with Crippen molar-refractivity contribution in [1.29, 1.82) is 0 Å². The quantitative estimate of drug-likeness (QED) is 0.593. The molecule has 0 aliphatic heterocycles. The molecule has 0 heterocycles. The predicted molar refractivity (Wildman–Crippen MR) is 62.6 cm³/mol. The van der Waals surface area contributed by atoms with Crippen LogP contribution in [0.3, 0.4) is 0 Å². The van der Waals surface area contributed by atoms with Crippen molar-refractivity contribution in [2.75, 3.05) is 11.9 Å². The molecule has 1 unspecified atom stereocenters. The van der Waals surface area contributed by atoms with Gasteiger partial charge < -0.3 is 10.4 Å². The first-order chi connectivity index (χ1) is 7.50. The van der Waals surface area contributed by atoms with E-state index < -0.39 is 4.92 Å². The highest BCUT2D eigenvalue weighted by atomic mass is 16.6. The Morgan fingerprint density at radius 2 is 2.25 bits per heavy atom. The van der Waals surface area contributed by atoms with E-state index in [4.69, 9.17) is 5.11 Å². The fourth-order valence-electron chi connectivity index (χ4n) is 1.33. The highest BCUT2D eigenvalue weighted by Crippen LogP contribution is 2.21. The summed E-state index contributed by atoms with van der Waals surface area (Å²) >= 11 is 0. The van der Waals surface area contributed by atoms with E-state index in [9.17, 15) is 10.1 Å². The number of aryl methyl sites for hydroxylation is 1. The second kappa shape index (κ2) is 5.46. The topological polar surface area (TPSA) is 75.4 Å². The van der Waals surface area contributed by atoms with Crippen molar-refractivity contribution < 1.29 is 10.0 Å². The lowest BCUT2D eigenvalue weighted by atomic mass is 10.1. The number of nitro benzene ring substituents is 1. The lowest BCUT2D eigenvalue weighted by Gasteiger charge is -2.10. The zero-order valence-electron chi connectivity index (χ0n) is 9.43. The normalized spacial score (nSPS) is 12.2. The number of non-ortho nitro benzene ring substituents is 1. The van der Waals surface area contributed by atoms with Gasteiger partial charge in [-0.1, -0.05) is 6.07 Å². The zero-order valence-corrected chi connectivity index (χ0v) is 9.43. The third kappa shape index (κ3) is 3.51. The van der Waals surface area contributed by atoms with Gasteiger partial charge in [-0.2, -0.15) is 0 Å². The van der Waals surface area contributed by atoms with Gasteiger partial charge in [0.15, 0.2) is 0 Å². The van der Waals surface area contributed by atoms with Crippen molar-refractivity contribution in [3.05, 3.63) is 33.9 Å². The van der Waals surface area contributed by atoms with Gasteiger partial charge in [-0.3, -0.25) is 10.1 Å². The van der Waals surface area contributed by atoms with E-state index in [1.807, 2.05) is 6.92 Å². The molecular weight excluding hydrogens is 208 g/mol. The summed E-state index contributed by atoms with van der Waals surface area (Å²) in [4.78, 5) is 10.2. The molecule has 2 N–H and O–H groups in total. The monoisotopic (exact) mass is 224 g/mol. The van der Waals surface area contributed by atoms with Gasteiger partial charge in [0.1, 0.15) is 0 Å². The van der Waals surface area contributed by atoms with E-state index in [2.05, 4.69) is 5.32 Å². The Morgan fingerprint density at radius 3 is 2.81 bits per heavy atom. The van der Waals surface area contributed by atoms with E-state index in [1.165, 1.54) is 12.1 Å². The standard InChI is InChI=1S/C11H16N2O3/c1-8-3-4-10(13(15)16)7-11(8)12-6-5-9(2)14/h3-4,7,9,12,14H,5-6H2,1-2H3. The first-order valence-corrected chi connectivity index (χ1v) is 5.17. The SMILES string of the molecule is Cc1ccc([N+](=O)[O-])cc1NCCC(C)O. The molecule has 0 saturated heterocycles. The maximum Gasteiger partial charge on any atom is 0.271 e. The Morgan fingerprint density at radius 1 is 1.56 bits per heavy atom. The van der Waals surface area contributed by atoms with Crippen molar-refractivity contribution in [3.63, 3.8) is 0 Å². The van der Waals surface area contributed by atoms with Gasteiger partial charge in [0, 0.05) is 24.4 Å². The van der Waals surface area contributed by atoms with E-state index in [0.29, 0.717) is 13.0 Å². The molecule has 0 radical (unpaired) electrons. The number of hydrogen-bond acceptors (Lipinski definition) is 4. The minimum absolute atomic E-state index is 0.0742. The van der Waals surface area contributed by atoms with Crippen LogP contribution in [0, 0.1) is 17.0 Å². The third-order valence-electron chi connectivity index (χ3n) is 2.31. The highest BCUT2D eigenvalue weighted by Gasteiger charge is 2.08. The second-order valence-electron chi connectivity index (χ2n) is 3.82. The summed E-state index contributed by atoms with van der Waals surface area (Å²) in [5, 5.41) is 22.8. The smallest absolute Gasteiger partial charge is 0.271 e. The van der Waals surface area contributed by atoms with Crippen LogP contribution in [0.5, 0.6) is 0 Å². The van der Waals surface area contributed by atoms with E-state index in [1.54, 1.807) is 13.0 Å². The second-order valence-corrected chi connectivity index (χ2v) is 3.82. The minimum atomic E-state index is -0.417. The number of aliphatic hydroxyl groups is 1. The molecule has 0 aliphatic carbocycles. The van der Waals surface area contributed by atoms with Crippen molar-refractivity contribution in [2.24, 2.45) is 0 Å². The molecule has 1 aromatic rings. The molecule has 16 heavy (non-hydrogen) atoms. The molecule has 0 saturated carbocycles. The average Bonchev–Trinajstić information content (AvgIpc) is 2.20. The number of anilines is 1. The molecule has 88 valence electrons. The fourth-order valence-corrected chi connectivity index (χ4v) is 1.33. The number of nitrogens with one attached hydrogen (secondary N) is 1. The number of rotatable bonds is 5. The molecule has 1 rings (SSSR count). The van der Waals surface area contributed by atoms with Gasteiger partial charge in [0.25, 0.3) is 5.69 Å². The summed E-state index contributed by atoms with van der Waals surface area (Å²) in [6.45, 7) is 4.19. The van der Waals surface area contributed by atoms with Crippen molar-refractivity contribution in [2.45, 2.75) is 26.4 Å². The summed E-state index contributed by atoms with van der Waals surface area (Å²) < 4.78 is 0. The molecule has 0 amide bonds. The Labute approximate surface area is 94.3 Å². The van der Waals surface area contributed by atoms with Crippen LogP contribution in [0.25, 0.3) is 0 Å². The number of nitrogens with zero attached hydrogens (tertiary/aromatic N) is 1. The van der Waals surface area contributed by atoms with Gasteiger partial charge >= 0.3 is 0 Å². The molecule has 0 aromatic heterocycles. The Balaban J connectivity index is 2.70. The number of aliphatic hydroxyl groups excluding tert-OH is 1. The molecular formula is C11H16N2O3. The average molecular weight is 224 g/mol. The minimum Gasteiger partial charge on any atom is -0.393 e. The van der Waals surface area contributed by atoms with Crippen LogP contribution in [0.4, 0.5) is 11.4 Å². The van der Waals surface area contributed by atoms with Crippen LogP contribution in [-0.2, 0) is 0 Å². The van der Waals surface area contributed by atoms with Crippen molar-refractivity contribution >= 4 is 11.4 Å². The Kier molecular flexibility index (Phi) is 4.25. The van der Waals surface area contributed by atoms with Crippen LogP contribution < -0.4 is 5.32 Å². The molecule has 0 fully saturated rings. The fraction of sp³-hybridized carbons (Fsp3) is 0.455. The van der Waals surface area contributed by atoms with Crippen LogP contribution >= 0.6 is 0 Å². The summed E-state index contributed by atoms with van der Waals surface area (Å²) in [6, 6.07) is 4.70. The molecule has 1 atom stereocenters. The van der Waals surface area contributed by atoms with Crippen LogP contribution in [0.2, 0.25) is 0 Å². The first kappa shape index (κ1) is 12.4. The molecule has 0 aliphatic rings. The molecule has 5 nitrogen and oxygen atoms in total. The van der Waals surface area contributed by atoms with E-state index >= 15 is 0 Å². The third-order valence-corrected chi connectivity index (χ3v) is 2.31. The largest absolute Gasteiger partial charge is 0.393 e. The maximum absolute atomic E-state index is 10.6. The van der Waals surface area contributed by atoms with Crippen LogP contribution in [0.15, 0.2) is 18.2 Å². The van der Waals surface area contributed by atoms with Crippen molar-refractivity contribution in [3.8, 4) is 0 Å². The van der Waals surface area contributed by atoms with E-state index in [-0.39, 0.29) is 11.8 Å². The number of benzene rings is 1. The summed E-state index contributed by atoms with van der Waals surface area (Å²) in [5.41, 5.74) is 1.77. The van der Waals surface area contributed by atoms with Gasteiger partial charge in [0.05, 0.1) is 11.0 Å². The van der Waals surface area contributed by atoms with Gasteiger partial charge in [-0.25, -0.2) is 0 Å². The zero-order chi connectivity index (χ0) is 12.1. The number of nitro groups is 1. The lowest BCUT2D eigenvalue weighted by molar-refractivity contribution is -0.384. The summed E-state index contributed by atoms with van der Waals surface area (Å²) in [6.07, 6.45) is 0.244. The summed E-state index contributed by atoms with van der Waals surface area (Å²) in [5.74, 6) is 0. The molecule has 0 bridgehead atoms. The molecule has 5 heteroatoms. The van der Waals surface area contributed by atoms with Gasteiger partial charge in [-0.15, -0.1) is 0 Å². The molecule has 1 aromatic carbocycles. The molecule has 0 spiro atoms. The predicted octanol–water partition coefficient (Wildman–Crippen LogP) is 2.09. The Hall–Kier alpha value is -1.62. The highest BCUT2D eigenvalue weighted by molar-refractivity contribution is 5.56. The van der Waals surface area contributed by atoms with E-state index in [0.717, 1.165) is 11.3 Å². The Bertz CT molecular complexity index is 377. The van der Waals surface area contributed by atoms with Crippen molar-refractivity contribution in [1.82, 2.24) is 0 Å².